The van der Waals surface area contributed by atoms with Gasteiger partial charge in [-0.25, -0.2) is 9.07 Å². The van der Waals surface area contributed by atoms with Crippen LogP contribution in [0.3, 0.4) is 0 Å². The summed E-state index contributed by atoms with van der Waals surface area (Å²) in [6.45, 7) is 0. The van der Waals surface area contributed by atoms with Gasteiger partial charge >= 0.3 is 0 Å². The fraction of sp³-hybridized carbons (Fsp3) is 0.118. The fourth-order valence-corrected chi connectivity index (χ4v) is 2.38. The first-order valence-corrected chi connectivity index (χ1v) is 6.84. The average molecular weight is 281 g/mol. The maximum atomic E-state index is 13.7. The minimum atomic E-state index is -0.315. The van der Waals surface area contributed by atoms with E-state index in [0.717, 1.165) is 11.4 Å². The molecule has 0 radical (unpaired) electrons. The van der Waals surface area contributed by atoms with Crippen LogP contribution in [0.25, 0.3) is 5.69 Å². The molecule has 0 aliphatic heterocycles. The van der Waals surface area contributed by atoms with Crippen molar-refractivity contribution in [2.24, 2.45) is 5.73 Å². The monoisotopic (exact) mass is 281 g/mol. The third kappa shape index (κ3) is 2.85. The van der Waals surface area contributed by atoms with Crippen molar-refractivity contribution in [1.29, 1.82) is 0 Å². The van der Waals surface area contributed by atoms with Crippen molar-refractivity contribution in [2.75, 3.05) is 0 Å². The van der Waals surface area contributed by atoms with Gasteiger partial charge in [0, 0.05) is 6.20 Å². The van der Waals surface area contributed by atoms with Crippen LogP contribution >= 0.6 is 0 Å². The Hall–Kier alpha value is -2.46. The number of para-hydroxylation sites is 1. The normalized spacial score (nSPS) is 12.3. The van der Waals surface area contributed by atoms with E-state index in [1.54, 1.807) is 23.0 Å². The van der Waals surface area contributed by atoms with Gasteiger partial charge in [0.05, 0.1) is 17.4 Å². The summed E-state index contributed by atoms with van der Waals surface area (Å²) in [4.78, 5) is 0. The second kappa shape index (κ2) is 5.89. The van der Waals surface area contributed by atoms with Crippen LogP contribution in [0.1, 0.15) is 17.3 Å². The molecule has 21 heavy (non-hydrogen) atoms. The van der Waals surface area contributed by atoms with Crippen LogP contribution in [0.2, 0.25) is 0 Å². The summed E-state index contributed by atoms with van der Waals surface area (Å²) < 4.78 is 15.5. The Morgan fingerprint density at radius 1 is 1.00 bits per heavy atom. The molecular formula is C17H16FN3. The Morgan fingerprint density at radius 2 is 1.71 bits per heavy atom. The lowest BCUT2D eigenvalue weighted by molar-refractivity contribution is 0.583. The minimum absolute atomic E-state index is 0.223. The van der Waals surface area contributed by atoms with Crippen LogP contribution in [0, 0.1) is 5.82 Å². The van der Waals surface area contributed by atoms with Crippen molar-refractivity contribution < 1.29 is 4.39 Å². The molecule has 0 aliphatic carbocycles. The topological polar surface area (TPSA) is 43.8 Å². The molecule has 0 amide bonds. The van der Waals surface area contributed by atoms with Gasteiger partial charge < -0.3 is 5.73 Å². The molecule has 2 aromatic carbocycles. The van der Waals surface area contributed by atoms with Crippen molar-refractivity contribution in [3.05, 3.63) is 83.9 Å². The molecule has 1 heterocycles. The zero-order valence-electron chi connectivity index (χ0n) is 11.5. The third-order valence-electron chi connectivity index (χ3n) is 3.45. The highest BCUT2D eigenvalue weighted by Crippen LogP contribution is 2.20. The standard InChI is InChI=1S/C17H16FN3/c18-15-9-5-4-6-13(15)12-16(19)17-10-11-20-21(17)14-7-2-1-3-8-14/h1-11,16H,12,19H2. The Morgan fingerprint density at radius 3 is 2.48 bits per heavy atom. The number of rotatable bonds is 4. The van der Waals surface area contributed by atoms with E-state index < -0.39 is 0 Å². The first-order valence-electron chi connectivity index (χ1n) is 6.84. The van der Waals surface area contributed by atoms with E-state index in [1.807, 2.05) is 42.5 Å². The molecule has 0 fully saturated rings. The van der Waals surface area contributed by atoms with E-state index >= 15 is 0 Å². The van der Waals surface area contributed by atoms with Crippen LogP contribution < -0.4 is 5.73 Å². The molecule has 3 rings (SSSR count). The summed E-state index contributed by atoms with van der Waals surface area (Å²) in [7, 11) is 0. The lowest BCUT2D eigenvalue weighted by Crippen LogP contribution is -2.18. The summed E-state index contributed by atoms with van der Waals surface area (Å²) in [5.74, 6) is -0.223. The maximum absolute atomic E-state index is 13.7. The smallest absolute Gasteiger partial charge is 0.126 e. The van der Waals surface area contributed by atoms with Gasteiger partial charge in [-0.05, 0) is 36.2 Å². The molecular weight excluding hydrogens is 265 g/mol. The van der Waals surface area contributed by atoms with Gasteiger partial charge in [-0.1, -0.05) is 36.4 Å². The van der Waals surface area contributed by atoms with E-state index in [0.29, 0.717) is 12.0 Å². The molecule has 3 aromatic rings. The molecule has 0 aliphatic rings. The predicted octanol–water partition coefficient (Wildman–Crippen LogP) is 3.25. The first kappa shape index (κ1) is 13.5. The highest BCUT2D eigenvalue weighted by Gasteiger charge is 2.15. The second-order valence-corrected chi connectivity index (χ2v) is 4.91. The molecule has 1 aromatic heterocycles. The van der Waals surface area contributed by atoms with Gasteiger partial charge in [-0.3, -0.25) is 0 Å². The van der Waals surface area contributed by atoms with Crippen molar-refractivity contribution in [3.63, 3.8) is 0 Å². The van der Waals surface area contributed by atoms with Crippen molar-refractivity contribution >= 4 is 0 Å². The number of nitrogens with zero attached hydrogens (tertiary/aromatic N) is 2. The van der Waals surface area contributed by atoms with E-state index in [2.05, 4.69) is 5.10 Å². The SMILES string of the molecule is NC(Cc1ccccc1F)c1ccnn1-c1ccccc1. The maximum Gasteiger partial charge on any atom is 0.126 e. The van der Waals surface area contributed by atoms with Crippen LogP contribution in [0.15, 0.2) is 66.9 Å². The molecule has 0 spiro atoms. The molecule has 0 bridgehead atoms. The molecule has 0 saturated carbocycles. The van der Waals surface area contributed by atoms with Crippen LogP contribution in [-0.2, 0) is 6.42 Å². The zero-order chi connectivity index (χ0) is 14.7. The van der Waals surface area contributed by atoms with Gasteiger partial charge in [-0.2, -0.15) is 5.10 Å². The fourth-order valence-electron chi connectivity index (χ4n) is 2.38. The Labute approximate surface area is 122 Å². The molecule has 2 N–H and O–H groups in total. The van der Waals surface area contributed by atoms with Gasteiger partial charge in [0.2, 0.25) is 0 Å². The zero-order valence-corrected chi connectivity index (χ0v) is 11.5. The molecule has 4 heteroatoms. The van der Waals surface area contributed by atoms with Gasteiger partial charge in [-0.15, -0.1) is 0 Å². The Bertz CT molecular complexity index is 722. The quantitative estimate of drug-likeness (QED) is 0.797. The number of halogens is 1. The summed E-state index contributed by atoms with van der Waals surface area (Å²) in [5, 5.41) is 4.31. The number of hydrogen-bond donors (Lipinski definition) is 1. The number of nitrogens with two attached hydrogens (primary N) is 1. The van der Waals surface area contributed by atoms with Gasteiger partial charge in [0.25, 0.3) is 0 Å². The van der Waals surface area contributed by atoms with E-state index in [9.17, 15) is 4.39 Å². The molecule has 1 unspecified atom stereocenters. The second-order valence-electron chi connectivity index (χ2n) is 4.91. The summed E-state index contributed by atoms with van der Waals surface area (Å²) >= 11 is 0. The molecule has 3 nitrogen and oxygen atoms in total. The Balaban J connectivity index is 1.88. The van der Waals surface area contributed by atoms with E-state index in [-0.39, 0.29) is 11.9 Å². The molecule has 106 valence electrons. The predicted molar refractivity (Wildman–Crippen MR) is 80.6 cm³/mol. The first-order chi connectivity index (χ1) is 10.3. The van der Waals surface area contributed by atoms with Crippen molar-refractivity contribution in [2.45, 2.75) is 12.5 Å². The minimum Gasteiger partial charge on any atom is -0.322 e. The lowest BCUT2D eigenvalue weighted by atomic mass is 10.0. The van der Waals surface area contributed by atoms with E-state index in [1.165, 1.54) is 6.07 Å². The lowest BCUT2D eigenvalue weighted by Gasteiger charge is -2.15. The molecule has 0 saturated heterocycles. The van der Waals surface area contributed by atoms with Crippen LogP contribution in [0.4, 0.5) is 4.39 Å². The highest BCUT2D eigenvalue weighted by molar-refractivity contribution is 5.33. The Kier molecular flexibility index (Phi) is 3.79. The van der Waals surface area contributed by atoms with Crippen LogP contribution in [-0.4, -0.2) is 9.78 Å². The van der Waals surface area contributed by atoms with Gasteiger partial charge in [0.1, 0.15) is 5.82 Å². The summed E-state index contributed by atoms with van der Waals surface area (Å²) in [6, 6.07) is 18.0. The summed E-state index contributed by atoms with van der Waals surface area (Å²) in [6.07, 6.45) is 2.15. The number of aromatic nitrogens is 2. The number of benzene rings is 2. The average Bonchev–Trinajstić information content (AvgIpc) is 3.00. The van der Waals surface area contributed by atoms with Gasteiger partial charge in [0.15, 0.2) is 0 Å². The van der Waals surface area contributed by atoms with Crippen LogP contribution in [0.5, 0.6) is 0 Å². The molecule has 1 atom stereocenters. The van der Waals surface area contributed by atoms with E-state index in [4.69, 9.17) is 5.73 Å². The summed E-state index contributed by atoms with van der Waals surface area (Å²) in [5.41, 5.74) is 8.68. The largest absolute Gasteiger partial charge is 0.322 e. The highest BCUT2D eigenvalue weighted by atomic mass is 19.1. The third-order valence-corrected chi connectivity index (χ3v) is 3.45. The number of hydrogen-bond acceptors (Lipinski definition) is 2. The van der Waals surface area contributed by atoms with Crippen molar-refractivity contribution in [3.8, 4) is 5.69 Å². The van der Waals surface area contributed by atoms with Crippen molar-refractivity contribution in [1.82, 2.24) is 9.78 Å².